The Bertz CT molecular complexity index is 286. The van der Waals surface area contributed by atoms with Crippen molar-refractivity contribution in [2.45, 2.75) is 96.6 Å². The van der Waals surface area contributed by atoms with E-state index < -0.39 is 0 Å². The molecule has 0 aliphatic heterocycles. The first-order valence-electron chi connectivity index (χ1n) is 9.58. The van der Waals surface area contributed by atoms with Gasteiger partial charge in [-0.1, -0.05) is 40.0 Å². The number of rotatable bonds is 7. The zero-order valence-electron chi connectivity index (χ0n) is 14.7. The molecule has 2 rings (SSSR count). The van der Waals surface area contributed by atoms with Gasteiger partial charge < -0.3 is 5.73 Å². The second kappa shape index (κ2) is 7.97. The van der Waals surface area contributed by atoms with Gasteiger partial charge in [0.15, 0.2) is 0 Å². The van der Waals surface area contributed by atoms with Crippen molar-refractivity contribution in [2.75, 3.05) is 13.1 Å². The van der Waals surface area contributed by atoms with E-state index in [1.54, 1.807) is 0 Å². The third kappa shape index (κ3) is 4.22. The van der Waals surface area contributed by atoms with Gasteiger partial charge in [-0.2, -0.15) is 0 Å². The van der Waals surface area contributed by atoms with E-state index in [0.717, 1.165) is 24.4 Å². The molecule has 0 unspecified atom stereocenters. The normalized spacial score (nSPS) is 31.4. The molecule has 0 amide bonds. The molecule has 2 heteroatoms. The minimum absolute atomic E-state index is 0.329. The summed E-state index contributed by atoms with van der Waals surface area (Å²) in [7, 11) is 0. The minimum Gasteiger partial charge on any atom is -0.329 e. The van der Waals surface area contributed by atoms with Crippen LogP contribution in [-0.2, 0) is 0 Å². The molecule has 0 radical (unpaired) electrons. The molecule has 2 fully saturated rings. The van der Waals surface area contributed by atoms with Crippen LogP contribution in [0.25, 0.3) is 0 Å². The van der Waals surface area contributed by atoms with E-state index in [-0.39, 0.29) is 0 Å². The topological polar surface area (TPSA) is 29.3 Å². The van der Waals surface area contributed by atoms with Crippen LogP contribution in [0.1, 0.15) is 85.0 Å². The number of hydrogen-bond acceptors (Lipinski definition) is 2. The van der Waals surface area contributed by atoms with Crippen LogP contribution in [0.3, 0.4) is 0 Å². The highest BCUT2D eigenvalue weighted by Gasteiger charge is 2.42. The molecular formula is C19H38N2. The fourth-order valence-electron chi connectivity index (χ4n) is 4.65. The molecule has 2 aliphatic rings. The van der Waals surface area contributed by atoms with Gasteiger partial charge >= 0.3 is 0 Å². The van der Waals surface area contributed by atoms with E-state index in [4.69, 9.17) is 5.73 Å². The molecular weight excluding hydrogens is 256 g/mol. The van der Waals surface area contributed by atoms with Crippen molar-refractivity contribution in [3.05, 3.63) is 0 Å². The molecule has 2 nitrogen and oxygen atoms in total. The fraction of sp³-hybridized carbons (Fsp3) is 1.00. The summed E-state index contributed by atoms with van der Waals surface area (Å²) in [5.74, 6) is 1.76. The third-order valence-corrected chi connectivity index (χ3v) is 6.32. The van der Waals surface area contributed by atoms with Crippen molar-refractivity contribution in [3.63, 3.8) is 0 Å². The van der Waals surface area contributed by atoms with Gasteiger partial charge in [-0.15, -0.1) is 0 Å². The second-order valence-electron chi connectivity index (χ2n) is 8.09. The van der Waals surface area contributed by atoms with Gasteiger partial charge in [0.1, 0.15) is 0 Å². The molecule has 0 aromatic carbocycles. The van der Waals surface area contributed by atoms with Gasteiger partial charge in [0.2, 0.25) is 0 Å². The van der Waals surface area contributed by atoms with Crippen molar-refractivity contribution in [2.24, 2.45) is 17.6 Å². The van der Waals surface area contributed by atoms with Crippen LogP contribution in [0.4, 0.5) is 0 Å². The lowest BCUT2D eigenvalue weighted by Gasteiger charge is -2.50. The Morgan fingerprint density at radius 2 is 1.71 bits per heavy atom. The minimum atomic E-state index is 0.329. The van der Waals surface area contributed by atoms with Gasteiger partial charge in [0.25, 0.3) is 0 Å². The van der Waals surface area contributed by atoms with Crippen LogP contribution in [0.5, 0.6) is 0 Å². The van der Waals surface area contributed by atoms with Crippen LogP contribution in [0.15, 0.2) is 0 Å². The first-order chi connectivity index (χ1) is 10.1. The van der Waals surface area contributed by atoms with Crippen LogP contribution in [0, 0.1) is 11.8 Å². The van der Waals surface area contributed by atoms with Crippen molar-refractivity contribution in [3.8, 4) is 0 Å². The predicted molar refractivity (Wildman–Crippen MR) is 92.5 cm³/mol. The van der Waals surface area contributed by atoms with Gasteiger partial charge in [0.05, 0.1) is 0 Å². The van der Waals surface area contributed by atoms with Crippen LogP contribution >= 0.6 is 0 Å². The van der Waals surface area contributed by atoms with E-state index in [1.165, 1.54) is 70.8 Å². The maximum Gasteiger partial charge on any atom is 0.0334 e. The lowest BCUT2D eigenvalue weighted by molar-refractivity contribution is 0.00515. The Labute approximate surface area is 132 Å². The molecule has 0 heterocycles. The highest BCUT2D eigenvalue weighted by Crippen LogP contribution is 2.41. The summed E-state index contributed by atoms with van der Waals surface area (Å²) in [6.45, 7) is 9.22. The average molecular weight is 295 g/mol. The summed E-state index contributed by atoms with van der Waals surface area (Å²) < 4.78 is 0. The Morgan fingerprint density at radius 3 is 2.19 bits per heavy atom. The van der Waals surface area contributed by atoms with Crippen molar-refractivity contribution < 1.29 is 0 Å². The zero-order chi connectivity index (χ0) is 15.3. The molecule has 124 valence electrons. The van der Waals surface area contributed by atoms with Crippen molar-refractivity contribution in [1.82, 2.24) is 4.90 Å². The quantitative estimate of drug-likeness (QED) is 0.745. The van der Waals surface area contributed by atoms with E-state index in [1.807, 2.05) is 0 Å². The van der Waals surface area contributed by atoms with Crippen LogP contribution < -0.4 is 5.73 Å². The largest absolute Gasteiger partial charge is 0.329 e. The summed E-state index contributed by atoms with van der Waals surface area (Å²) >= 11 is 0. The molecule has 0 atom stereocenters. The molecule has 0 saturated heterocycles. The molecule has 0 aromatic heterocycles. The fourth-order valence-corrected chi connectivity index (χ4v) is 4.65. The van der Waals surface area contributed by atoms with Gasteiger partial charge in [-0.25, -0.2) is 0 Å². The Hall–Kier alpha value is -0.0800. The highest BCUT2D eigenvalue weighted by atomic mass is 15.2. The lowest BCUT2D eigenvalue weighted by Crippen LogP contribution is -2.59. The van der Waals surface area contributed by atoms with Gasteiger partial charge in [-0.3, -0.25) is 4.90 Å². The lowest BCUT2D eigenvalue weighted by atomic mass is 9.73. The highest BCUT2D eigenvalue weighted by molar-refractivity contribution is 4.99. The predicted octanol–water partition coefficient (Wildman–Crippen LogP) is 4.57. The van der Waals surface area contributed by atoms with E-state index in [9.17, 15) is 0 Å². The average Bonchev–Trinajstić information content (AvgIpc) is 3.01. The van der Waals surface area contributed by atoms with E-state index >= 15 is 0 Å². The van der Waals surface area contributed by atoms with Crippen LogP contribution in [-0.4, -0.2) is 29.6 Å². The van der Waals surface area contributed by atoms with Gasteiger partial charge in [-0.05, 0) is 63.3 Å². The Morgan fingerprint density at radius 1 is 1.10 bits per heavy atom. The smallest absolute Gasteiger partial charge is 0.0334 e. The molecule has 0 aromatic rings. The third-order valence-electron chi connectivity index (χ3n) is 6.32. The van der Waals surface area contributed by atoms with Gasteiger partial charge in [0, 0.05) is 18.1 Å². The summed E-state index contributed by atoms with van der Waals surface area (Å²) in [6.07, 6.45) is 13.9. The maximum atomic E-state index is 6.36. The van der Waals surface area contributed by atoms with E-state index in [2.05, 4.69) is 25.7 Å². The zero-order valence-corrected chi connectivity index (χ0v) is 14.7. The number of hydrogen-bond donors (Lipinski definition) is 1. The number of nitrogens with zero attached hydrogens (tertiary/aromatic N) is 1. The Balaban J connectivity index is 2.08. The second-order valence-corrected chi connectivity index (χ2v) is 8.09. The maximum absolute atomic E-state index is 6.36. The molecule has 21 heavy (non-hydrogen) atoms. The summed E-state index contributed by atoms with van der Waals surface area (Å²) in [5, 5.41) is 0. The van der Waals surface area contributed by atoms with E-state index in [0.29, 0.717) is 5.54 Å². The monoisotopic (exact) mass is 294 g/mol. The van der Waals surface area contributed by atoms with Crippen LogP contribution in [0.2, 0.25) is 0 Å². The molecule has 2 aliphatic carbocycles. The Kier molecular flexibility index (Phi) is 6.55. The molecule has 2 N–H and O–H groups in total. The SMILES string of the molecule is CCC1CCC(CN)(N(CCC(C)C)C2CCCC2)CC1. The standard InChI is InChI=1S/C19H38N2/c1-4-17-9-12-19(15-20,13-10-17)21(14-11-16(2)3)18-7-5-6-8-18/h16-18H,4-15,20H2,1-3H3. The van der Waals surface area contributed by atoms with Crippen molar-refractivity contribution >= 4 is 0 Å². The number of nitrogens with two attached hydrogens (primary N) is 1. The molecule has 0 spiro atoms. The first kappa shape index (κ1) is 17.3. The van der Waals surface area contributed by atoms with Crippen molar-refractivity contribution in [1.29, 1.82) is 0 Å². The summed E-state index contributed by atoms with van der Waals surface area (Å²) in [4.78, 5) is 2.89. The molecule has 0 bridgehead atoms. The molecule has 2 saturated carbocycles. The summed E-state index contributed by atoms with van der Waals surface area (Å²) in [6, 6.07) is 0.825. The summed E-state index contributed by atoms with van der Waals surface area (Å²) in [5.41, 5.74) is 6.69. The first-order valence-corrected chi connectivity index (χ1v) is 9.58.